The third-order valence-electron chi connectivity index (χ3n) is 5.80. The number of hydrogen-bond acceptors (Lipinski definition) is 7. The van der Waals surface area contributed by atoms with E-state index >= 15 is 0 Å². The molecule has 1 aromatic heterocycles. The van der Waals surface area contributed by atoms with Crippen LogP contribution in [0.1, 0.15) is 25.7 Å². The van der Waals surface area contributed by atoms with Gasteiger partial charge in [0, 0.05) is 43.7 Å². The summed E-state index contributed by atoms with van der Waals surface area (Å²) in [5.74, 6) is 2.41. The highest BCUT2D eigenvalue weighted by molar-refractivity contribution is 7.78. The van der Waals surface area contributed by atoms with E-state index in [1.165, 1.54) is 19.3 Å². The molecule has 1 N–H and O–H groups in total. The summed E-state index contributed by atoms with van der Waals surface area (Å²) in [5.41, 5.74) is 2.61. The van der Waals surface area contributed by atoms with Gasteiger partial charge in [-0.3, -0.25) is 0 Å². The van der Waals surface area contributed by atoms with Crippen molar-refractivity contribution >= 4 is 34.4 Å². The van der Waals surface area contributed by atoms with E-state index in [1.807, 2.05) is 12.1 Å². The zero-order valence-electron chi connectivity index (χ0n) is 17.0. The van der Waals surface area contributed by atoms with E-state index in [0.29, 0.717) is 12.6 Å². The summed E-state index contributed by atoms with van der Waals surface area (Å²) in [4.78, 5) is 13.5. The van der Waals surface area contributed by atoms with Crippen LogP contribution in [0.2, 0.25) is 0 Å². The Morgan fingerprint density at radius 3 is 2.76 bits per heavy atom. The van der Waals surface area contributed by atoms with Crippen molar-refractivity contribution in [2.45, 2.75) is 31.7 Å². The van der Waals surface area contributed by atoms with Gasteiger partial charge in [-0.15, -0.1) is 0 Å². The minimum atomic E-state index is 0.551. The molecule has 3 heterocycles. The van der Waals surface area contributed by atoms with Crippen molar-refractivity contribution in [3.8, 4) is 11.5 Å². The smallest absolute Gasteiger partial charge is 0.163 e. The van der Waals surface area contributed by atoms with E-state index in [-0.39, 0.29) is 0 Å². The van der Waals surface area contributed by atoms with E-state index in [1.54, 1.807) is 18.9 Å². The fourth-order valence-corrected chi connectivity index (χ4v) is 4.31. The average Bonchev–Trinajstić information content (AvgIpc) is 2.79. The summed E-state index contributed by atoms with van der Waals surface area (Å²) < 4.78 is 11.7. The van der Waals surface area contributed by atoms with Crippen molar-refractivity contribution in [1.82, 2.24) is 20.2 Å². The normalized spacial score (nSPS) is 20.0. The lowest BCUT2D eigenvalue weighted by Crippen LogP contribution is -2.45. The first-order valence-electron chi connectivity index (χ1n) is 10.4. The van der Waals surface area contributed by atoms with Crippen molar-refractivity contribution in [2.75, 3.05) is 51.3 Å². The average molecular weight is 416 g/mol. The second-order valence-electron chi connectivity index (χ2n) is 7.63. The van der Waals surface area contributed by atoms with Gasteiger partial charge < -0.3 is 24.6 Å². The Bertz CT molecular complexity index is 835. The Morgan fingerprint density at radius 2 is 2.03 bits per heavy atom. The van der Waals surface area contributed by atoms with Crippen LogP contribution in [-0.4, -0.2) is 72.8 Å². The van der Waals surface area contributed by atoms with Gasteiger partial charge in [0.1, 0.15) is 12.1 Å². The molecular formula is C21H29N5O2S. The van der Waals surface area contributed by atoms with Crippen molar-refractivity contribution in [2.24, 2.45) is 0 Å². The lowest BCUT2D eigenvalue weighted by molar-refractivity contribution is 0.257. The summed E-state index contributed by atoms with van der Waals surface area (Å²) in [6.45, 7) is 5.35. The number of ether oxygens (including phenoxy) is 2. The van der Waals surface area contributed by atoms with Gasteiger partial charge in [-0.05, 0) is 31.9 Å². The topological polar surface area (TPSA) is 62.8 Å². The van der Waals surface area contributed by atoms with Gasteiger partial charge >= 0.3 is 0 Å². The number of methoxy groups -OCH3 is 1. The van der Waals surface area contributed by atoms with Crippen LogP contribution in [0.4, 0.5) is 5.82 Å². The number of piperazine rings is 1. The molecule has 2 aliphatic rings. The molecule has 0 spiro atoms. The predicted octanol–water partition coefficient (Wildman–Crippen LogP) is 2.63. The lowest BCUT2D eigenvalue weighted by Gasteiger charge is -2.34. The highest BCUT2D eigenvalue weighted by Crippen LogP contribution is 2.35. The number of nitrogens with one attached hydrogen (secondary N) is 1. The fraction of sp³-hybridized carbons (Fsp3) is 0.571. The first kappa shape index (κ1) is 20.1. The molecule has 156 valence electrons. The number of rotatable bonds is 7. The van der Waals surface area contributed by atoms with E-state index in [9.17, 15) is 0 Å². The maximum absolute atomic E-state index is 6.09. The molecule has 0 aliphatic carbocycles. The number of thiocarbonyl (C=S) groups is 1. The van der Waals surface area contributed by atoms with Gasteiger partial charge in [-0.2, -0.15) is 0 Å². The number of piperidine rings is 1. The molecule has 2 fully saturated rings. The van der Waals surface area contributed by atoms with Gasteiger partial charge in [-0.25, -0.2) is 9.97 Å². The number of aromatic nitrogens is 2. The van der Waals surface area contributed by atoms with Crippen LogP contribution < -0.4 is 19.7 Å². The molecule has 1 aromatic carbocycles. The van der Waals surface area contributed by atoms with Crippen molar-refractivity contribution in [3.63, 3.8) is 0 Å². The Hall–Kier alpha value is -2.19. The molecule has 2 aromatic rings. The Morgan fingerprint density at radius 1 is 1.17 bits per heavy atom. The van der Waals surface area contributed by atoms with Crippen LogP contribution in [0.3, 0.4) is 0 Å². The predicted molar refractivity (Wildman–Crippen MR) is 119 cm³/mol. The number of anilines is 1. The van der Waals surface area contributed by atoms with Crippen LogP contribution in [0.15, 0.2) is 18.5 Å². The van der Waals surface area contributed by atoms with Gasteiger partial charge in [0.25, 0.3) is 0 Å². The minimum absolute atomic E-state index is 0.551. The fourth-order valence-electron chi connectivity index (χ4n) is 4.10. The van der Waals surface area contributed by atoms with Crippen LogP contribution >= 0.6 is 12.2 Å². The second-order valence-corrected chi connectivity index (χ2v) is 7.84. The third kappa shape index (κ3) is 4.70. The first-order chi connectivity index (χ1) is 14.3. The molecule has 2 aliphatic heterocycles. The van der Waals surface area contributed by atoms with Gasteiger partial charge in [-0.1, -0.05) is 18.6 Å². The summed E-state index contributed by atoms with van der Waals surface area (Å²) >= 11 is 5.05. The molecular weight excluding hydrogens is 386 g/mol. The standard InChI is InChI=1S/C21H29N5O2S/c1-27-19-12-17-18(13-20(19)28-11-5-16-4-2-3-6-22-16)23-14-24-21(17)26-9-7-25(15-29)8-10-26/h12-16,22H,2-11H2,1H3. The largest absolute Gasteiger partial charge is 0.493 e. The lowest BCUT2D eigenvalue weighted by atomic mass is 10.0. The highest BCUT2D eigenvalue weighted by Gasteiger charge is 2.20. The number of fused-ring (bicyclic) bond motifs is 1. The molecule has 4 rings (SSSR count). The van der Waals surface area contributed by atoms with Crippen molar-refractivity contribution < 1.29 is 9.47 Å². The Kier molecular flexibility index (Phi) is 6.61. The monoisotopic (exact) mass is 415 g/mol. The van der Waals surface area contributed by atoms with E-state index in [0.717, 1.165) is 67.4 Å². The molecule has 7 nitrogen and oxygen atoms in total. The van der Waals surface area contributed by atoms with Gasteiger partial charge in [0.2, 0.25) is 0 Å². The van der Waals surface area contributed by atoms with Crippen LogP contribution in [-0.2, 0) is 0 Å². The van der Waals surface area contributed by atoms with Gasteiger partial charge in [0.15, 0.2) is 11.5 Å². The maximum atomic E-state index is 6.09. The molecule has 2 saturated heterocycles. The van der Waals surface area contributed by atoms with Gasteiger partial charge in [0.05, 0.1) is 24.7 Å². The SMILES string of the molecule is COc1cc2c(N3CCN(C=S)CC3)ncnc2cc1OCCC1CCCCN1. The van der Waals surface area contributed by atoms with Crippen molar-refractivity contribution in [3.05, 3.63) is 18.5 Å². The number of hydrogen-bond donors (Lipinski definition) is 1. The third-order valence-corrected chi connectivity index (χ3v) is 6.10. The maximum Gasteiger partial charge on any atom is 0.163 e. The van der Waals surface area contributed by atoms with E-state index in [4.69, 9.17) is 21.7 Å². The van der Waals surface area contributed by atoms with Crippen LogP contribution in [0.25, 0.3) is 10.9 Å². The highest BCUT2D eigenvalue weighted by atomic mass is 32.1. The summed E-state index contributed by atoms with van der Waals surface area (Å²) in [5, 5.41) is 4.55. The molecule has 1 unspecified atom stereocenters. The molecule has 29 heavy (non-hydrogen) atoms. The summed E-state index contributed by atoms with van der Waals surface area (Å²) in [6.07, 6.45) is 6.44. The minimum Gasteiger partial charge on any atom is -0.493 e. The zero-order chi connectivity index (χ0) is 20.1. The molecule has 1 atom stereocenters. The molecule has 0 bridgehead atoms. The zero-order valence-corrected chi connectivity index (χ0v) is 17.8. The first-order valence-corrected chi connectivity index (χ1v) is 10.9. The summed E-state index contributed by atoms with van der Waals surface area (Å²) in [6, 6.07) is 4.53. The molecule has 0 amide bonds. The number of benzene rings is 1. The number of nitrogens with zero attached hydrogens (tertiary/aromatic N) is 4. The molecule has 0 saturated carbocycles. The molecule has 8 heteroatoms. The van der Waals surface area contributed by atoms with E-state index < -0.39 is 0 Å². The second kappa shape index (κ2) is 9.54. The summed E-state index contributed by atoms with van der Waals surface area (Å²) in [7, 11) is 1.68. The van der Waals surface area contributed by atoms with Crippen molar-refractivity contribution in [1.29, 1.82) is 0 Å². The van der Waals surface area contributed by atoms with E-state index in [2.05, 4.69) is 25.1 Å². The van der Waals surface area contributed by atoms with Crippen LogP contribution in [0, 0.1) is 0 Å². The molecule has 0 radical (unpaired) electrons. The van der Waals surface area contributed by atoms with Crippen LogP contribution in [0.5, 0.6) is 11.5 Å². The Balaban J connectivity index is 1.51. The Labute approximate surface area is 177 Å². The quantitative estimate of drug-likeness (QED) is 0.693.